The van der Waals surface area contributed by atoms with Crippen molar-refractivity contribution in [2.75, 3.05) is 0 Å². The maximum atomic E-state index is 12.1. The minimum Gasteiger partial charge on any atom is -0.480 e. The Bertz CT molecular complexity index is 866. The normalized spacial score (nSPS) is 17.2. The summed E-state index contributed by atoms with van der Waals surface area (Å²) in [4.78, 5) is 33.1. The molecular formula is C19H30ClN3O6S2. The van der Waals surface area contributed by atoms with Crippen LogP contribution in [-0.4, -0.2) is 43.5 Å². The Balaban J connectivity index is 0.000000343. The zero-order chi connectivity index (χ0) is 23.8. The van der Waals surface area contributed by atoms with Gasteiger partial charge in [-0.2, -0.15) is 4.72 Å². The summed E-state index contributed by atoms with van der Waals surface area (Å²) >= 11 is 6.59. The van der Waals surface area contributed by atoms with Crippen LogP contribution in [0.1, 0.15) is 53.4 Å². The Labute approximate surface area is 192 Å². The molecule has 1 aliphatic rings. The molecule has 0 spiro atoms. The zero-order valence-corrected chi connectivity index (χ0v) is 20.4. The van der Waals surface area contributed by atoms with Gasteiger partial charge in [-0.15, -0.1) is 11.3 Å². The topological polar surface area (TPSA) is 142 Å². The Kier molecular flexibility index (Phi) is 10.9. The van der Waals surface area contributed by atoms with E-state index in [-0.39, 0.29) is 34.0 Å². The molecule has 3 amide bonds. The molecule has 0 radical (unpaired) electrons. The van der Waals surface area contributed by atoms with E-state index in [1.54, 1.807) is 0 Å². The monoisotopic (exact) mass is 495 g/mol. The molecule has 176 valence electrons. The smallest absolute Gasteiger partial charge is 0.322 e. The molecule has 1 aliphatic heterocycles. The third-order valence-electron chi connectivity index (χ3n) is 5.21. The van der Waals surface area contributed by atoms with Gasteiger partial charge in [0.25, 0.3) is 15.9 Å². The first-order chi connectivity index (χ1) is 14.5. The van der Waals surface area contributed by atoms with Crippen molar-refractivity contribution in [1.29, 1.82) is 0 Å². The van der Waals surface area contributed by atoms with E-state index in [2.05, 4.69) is 15.4 Å². The highest BCUT2D eigenvalue weighted by molar-refractivity contribution is 7.91. The van der Waals surface area contributed by atoms with Gasteiger partial charge in [0.15, 0.2) is 0 Å². The number of nitrogens with one attached hydrogen (secondary N) is 3. The average Bonchev–Trinajstić information content (AvgIpc) is 3.29. The summed E-state index contributed by atoms with van der Waals surface area (Å²) in [5.74, 6) is -1.34. The van der Waals surface area contributed by atoms with Crippen LogP contribution in [0.4, 0.5) is 4.79 Å². The molecule has 12 heteroatoms. The molecule has 2 heterocycles. The Morgan fingerprint density at radius 1 is 1.16 bits per heavy atom. The summed E-state index contributed by atoms with van der Waals surface area (Å²) in [5, 5.41) is 14.0. The summed E-state index contributed by atoms with van der Waals surface area (Å²) < 4.78 is 26.8. The van der Waals surface area contributed by atoms with Gasteiger partial charge in [-0.3, -0.25) is 14.9 Å². The average molecular weight is 496 g/mol. The van der Waals surface area contributed by atoms with Gasteiger partial charge < -0.3 is 10.4 Å². The van der Waals surface area contributed by atoms with Gasteiger partial charge >= 0.3 is 12.0 Å². The second-order valence-corrected chi connectivity index (χ2v) is 10.7. The highest BCUT2D eigenvalue weighted by Gasteiger charge is 2.34. The van der Waals surface area contributed by atoms with E-state index in [0.29, 0.717) is 17.2 Å². The lowest BCUT2D eigenvalue weighted by Gasteiger charge is -2.21. The number of aliphatic carboxylic acids is 1. The molecule has 0 aliphatic carbocycles. The van der Waals surface area contributed by atoms with E-state index in [9.17, 15) is 27.9 Å². The SMILES string of the molecule is CCC(CC)C1NC(=O)NC1=O.CCC(CC)[C@H](NS(=O)(=O)c1ccc(Cl)s1)C(=O)O. The summed E-state index contributed by atoms with van der Waals surface area (Å²) in [6.45, 7) is 7.71. The number of imide groups is 1. The van der Waals surface area contributed by atoms with Crippen molar-refractivity contribution in [3.05, 3.63) is 16.5 Å². The van der Waals surface area contributed by atoms with Crippen molar-refractivity contribution in [2.45, 2.75) is 69.7 Å². The molecule has 31 heavy (non-hydrogen) atoms. The molecule has 2 atom stereocenters. The largest absolute Gasteiger partial charge is 0.480 e. The Morgan fingerprint density at radius 3 is 2.10 bits per heavy atom. The molecule has 2 rings (SSSR count). The standard InChI is InChI=1S/C11H16ClNO4S2.C8H14N2O2/c1-3-7(4-2)10(11(14)15)13-19(16,17)9-6-5-8(12)18-9;1-3-5(4-2)6-7(11)10-8(12)9-6/h5-7,10,13H,3-4H2,1-2H3,(H,14,15);5-6H,3-4H2,1-2H3,(H2,9,10,11,12)/t10-;/m0./s1. The molecule has 9 nitrogen and oxygen atoms in total. The van der Waals surface area contributed by atoms with Crippen LogP contribution in [0.15, 0.2) is 16.3 Å². The van der Waals surface area contributed by atoms with Gasteiger partial charge in [-0.25, -0.2) is 13.2 Å². The van der Waals surface area contributed by atoms with Crippen LogP contribution in [-0.2, 0) is 19.6 Å². The number of hydrogen-bond acceptors (Lipinski definition) is 6. The molecule has 0 saturated carbocycles. The first-order valence-corrected chi connectivity index (χ1v) is 12.8. The number of amides is 3. The molecule has 0 aromatic carbocycles. The fourth-order valence-corrected chi connectivity index (χ4v) is 6.06. The molecule has 4 N–H and O–H groups in total. The van der Waals surface area contributed by atoms with Crippen molar-refractivity contribution in [1.82, 2.24) is 15.4 Å². The van der Waals surface area contributed by atoms with Crippen molar-refractivity contribution in [3.8, 4) is 0 Å². The quantitative estimate of drug-likeness (QED) is 0.367. The molecule has 0 bridgehead atoms. The van der Waals surface area contributed by atoms with Gasteiger partial charge in [0, 0.05) is 0 Å². The van der Waals surface area contributed by atoms with Crippen LogP contribution >= 0.6 is 22.9 Å². The lowest BCUT2D eigenvalue weighted by molar-refractivity contribution is -0.140. The van der Waals surface area contributed by atoms with E-state index in [1.165, 1.54) is 12.1 Å². The number of urea groups is 1. The summed E-state index contributed by atoms with van der Waals surface area (Å²) in [5.41, 5.74) is 0. The van der Waals surface area contributed by atoms with Gasteiger partial charge in [-0.05, 0) is 24.0 Å². The lowest BCUT2D eigenvalue weighted by Crippen LogP contribution is -2.45. The fraction of sp³-hybridized carbons (Fsp3) is 0.632. The number of rotatable bonds is 10. The van der Waals surface area contributed by atoms with Crippen molar-refractivity contribution in [3.63, 3.8) is 0 Å². The number of carboxylic acids is 1. The van der Waals surface area contributed by atoms with Gasteiger partial charge in [-0.1, -0.05) is 65.0 Å². The second kappa shape index (κ2) is 12.4. The van der Waals surface area contributed by atoms with E-state index in [4.69, 9.17) is 11.6 Å². The Hall–Kier alpha value is -1.69. The maximum Gasteiger partial charge on any atom is 0.322 e. The number of sulfonamides is 1. The van der Waals surface area contributed by atoms with Crippen molar-refractivity contribution >= 4 is 50.9 Å². The number of carbonyl (C=O) groups is 3. The van der Waals surface area contributed by atoms with Crippen molar-refractivity contribution < 1.29 is 27.9 Å². The van der Waals surface area contributed by atoms with E-state index >= 15 is 0 Å². The molecular weight excluding hydrogens is 466 g/mol. The first kappa shape index (κ1) is 27.3. The van der Waals surface area contributed by atoms with Crippen LogP contribution in [0.2, 0.25) is 4.34 Å². The number of carbonyl (C=O) groups excluding carboxylic acids is 2. The number of thiophene rings is 1. The molecule has 1 aromatic heterocycles. The van der Waals surface area contributed by atoms with Gasteiger partial charge in [0.05, 0.1) is 4.34 Å². The minimum absolute atomic E-state index is 0.0229. The summed E-state index contributed by atoms with van der Waals surface area (Å²) in [7, 11) is -3.85. The fourth-order valence-electron chi connectivity index (χ4n) is 3.30. The molecule has 1 aromatic rings. The number of carboxylic acid groups (broad SMARTS) is 1. The summed E-state index contributed by atoms with van der Waals surface area (Å²) in [6.07, 6.45) is 2.99. The van der Waals surface area contributed by atoms with Gasteiger partial charge in [0.2, 0.25) is 0 Å². The van der Waals surface area contributed by atoms with E-state index in [0.717, 1.165) is 24.2 Å². The molecule has 1 fully saturated rings. The predicted octanol–water partition coefficient (Wildman–Crippen LogP) is 3.20. The number of halogens is 1. The van der Waals surface area contributed by atoms with Crippen LogP contribution in [0.25, 0.3) is 0 Å². The Morgan fingerprint density at radius 2 is 1.74 bits per heavy atom. The molecule has 1 unspecified atom stereocenters. The third kappa shape index (κ3) is 7.74. The predicted molar refractivity (Wildman–Crippen MR) is 120 cm³/mol. The zero-order valence-electron chi connectivity index (χ0n) is 18.0. The van der Waals surface area contributed by atoms with Crippen LogP contribution in [0.3, 0.4) is 0 Å². The second-order valence-electron chi connectivity index (χ2n) is 7.09. The van der Waals surface area contributed by atoms with Crippen LogP contribution < -0.4 is 15.4 Å². The summed E-state index contributed by atoms with van der Waals surface area (Å²) in [6, 6.07) is 1.03. The highest BCUT2D eigenvalue weighted by Crippen LogP contribution is 2.26. The number of hydrogen-bond donors (Lipinski definition) is 4. The van der Waals surface area contributed by atoms with Crippen molar-refractivity contribution in [2.24, 2.45) is 11.8 Å². The van der Waals surface area contributed by atoms with Crippen LogP contribution in [0, 0.1) is 11.8 Å². The molecule has 1 saturated heterocycles. The van der Waals surface area contributed by atoms with E-state index < -0.39 is 22.0 Å². The van der Waals surface area contributed by atoms with Gasteiger partial charge in [0.1, 0.15) is 16.3 Å². The first-order valence-electron chi connectivity index (χ1n) is 10.1. The maximum absolute atomic E-state index is 12.1. The lowest BCUT2D eigenvalue weighted by atomic mass is 9.94. The minimum atomic E-state index is -3.85. The van der Waals surface area contributed by atoms with Crippen LogP contribution in [0.5, 0.6) is 0 Å². The highest BCUT2D eigenvalue weighted by atomic mass is 35.5. The third-order valence-corrected chi connectivity index (χ3v) is 8.37. The van der Waals surface area contributed by atoms with E-state index in [1.807, 2.05) is 27.7 Å².